The second-order valence-corrected chi connectivity index (χ2v) is 10.0. The molecule has 0 saturated heterocycles. The molecule has 0 aliphatic heterocycles. The maximum atomic E-state index is 11.9. The van der Waals surface area contributed by atoms with E-state index in [4.69, 9.17) is 4.74 Å². The Bertz CT molecular complexity index is 449. The molecule has 0 aromatic carbocycles. The van der Waals surface area contributed by atoms with E-state index in [0.717, 1.165) is 77.0 Å². The molecule has 0 heterocycles. The van der Waals surface area contributed by atoms with Gasteiger partial charge in [0.2, 0.25) is 0 Å². The quantitative estimate of drug-likeness (QED) is 0.108. The van der Waals surface area contributed by atoms with E-state index in [1.165, 1.54) is 51.4 Å². The molecule has 0 saturated carbocycles. The second-order valence-electron chi connectivity index (χ2n) is 10.0. The summed E-state index contributed by atoms with van der Waals surface area (Å²) in [5.41, 5.74) is 0. The second kappa shape index (κ2) is 24.2. The summed E-state index contributed by atoms with van der Waals surface area (Å²) >= 11 is 0. The molecule has 0 spiro atoms. The predicted octanol–water partition coefficient (Wildman–Crippen LogP) is 8.33. The first kappa shape index (κ1) is 32.1. The van der Waals surface area contributed by atoms with Crippen LogP contribution in [0.4, 0.5) is 0 Å². The Morgan fingerprint density at radius 3 is 1.79 bits per heavy atom. The molecule has 4 heteroatoms. The van der Waals surface area contributed by atoms with Gasteiger partial charge in [0, 0.05) is 12.3 Å². The molecule has 196 valence electrons. The summed E-state index contributed by atoms with van der Waals surface area (Å²) in [4.78, 5) is 23.8. The number of rotatable bonds is 25. The fourth-order valence-corrected chi connectivity index (χ4v) is 4.43. The maximum absolute atomic E-state index is 11.9. The number of aliphatic hydroxyl groups excluding tert-OH is 1. The van der Waals surface area contributed by atoms with E-state index in [0.29, 0.717) is 13.0 Å². The molecule has 0 aliphatic carbocycles. The fraction of sp³-hybridized carbons (Fsp3) is 0.931. The normalized spacial score (nSPS) is 13.1. The number of Topliss-reactive ketones (excluding diaryl/α,β-unsaturated/α-hetero) is 1. The van der Waals surface area contributed by atoms with Crippen LogP contribution in [0.3, 0.4) is 0 Å². The standard InChI is InChI=1S/C29H56O4/c1-4-6-8-9-10-11-14-18-25-33-29(32)24-17-13-12-16-20-27(26(3)30)21-19-23-28(31)22-15-7-5-2/h27-28,31H,4-25H2,1-3H3. The molecule has 0 radical (unpaired) electrons. The van der Waals surface area contributed by atoms with Crippen molar-refractivity contribution in [1.29, 1.82) is 0 Å². The number of unbranched alkanes of at least 4 members (excludes halogenated alkanes) is 12. The highest BCUT2D eigenvalue weighted by molar-refractivity contribution is 5.78. The van der Waals surface area contributed by atoms with Gasteiger partial charge in [0.25, 0.3) is 0 Å². The lowest BCUT2D eigenvalue weighted by atomic mass is 9.91. The van der Waals surface area contributed by atoms with E-state index in [-0.39, 0.29) is 23.8 Å². The summed E-state index contributed by atoms with van der Waals surface area (Å²) in [6.45, 7) is 6.69. The smallest absolute Gasteiger partial charge is 0.305 e. The van der Waals surface area contributed by atoms with E-state index in [9.17, 15) is 14.7 Å². The molecule has 0 amide bonds. The Labute approximate surface area is 205 Å². The van der Waals surface area contributed by atoms with Gasteiger partial charge in [-0.3, -0.25) is 9.59 Å². The van der Waals surface area contributed by atoms with Crippen LogP contribution in [-0.4, -0.2) is 29.6 Å². The highest BCUT2D eigenvalue weighted by Gasteiger charge is 2.14. The highest BCUT2D eigenvalue weighted by atomic mass is 16.5. The number of ether oxygens (including phenoxy) is 1. The van der Waals surface area contributed by atoms with Crippen LogP contribution in [0.1, 0.15) is 156 Å². The number of ketones is 1. The van der Waals surface area contributed by atoms with Crippen molar-refractivity contribution in [2.45, 2.75) is 162 Å². The minimum absolute atomic E-state index is 0.0583. The van der Waals surface area contributed by atoms with Gasteiger partial charge in [-0.2, -0.15) is 0 Å². The monoisotopic (exact) mass is 468 g/mol. The molecule has 33 heavy (non-hydrogen) atoms. The molecule has 0 bridgehead atoms. The fourth-order valence-electron chi connectivity index (χ4n) is 4.43. The van der Waals surface area contributed by atoms with Crippen molar-refractivity contribution in [2.24, 2.45) is 5.92 Å². The van der Waals surface area contributed by atoms with E-state index in [1.807, 2.05) is 0 Å². The van der Waals surface area contributed by atoms with Gasteiger partial charge in [-0.05, 0) is 45.4 Å². The van der Waals surface area contributed by atoms with Crippen LogP contribution in [0.15, 0.2) is 0 Å². The van der Waals surface area contributed by atoms with Crippen molar-refractivity contribution >= 4 is 11.8 Å². The van der Waals surface area contributed by atoms with Gasteiger partial charge >= 0.3 is 5.97 Å². The molecule has 1 N–H and O–H groups in total. The molecular weight excluding hydrogens is 412 g/mol. The summed E-state index contributed by atoms with van der Waals surface area (Å²) in [6.07, 6.45) is 22.3. The Morgan fingerprint density at radius 2 is 1.12 bits per heavy atom. The van der Waals surface area contributed by atoms with E-state index in [2.05, 4.69) is 13.8 Å². The van der Waals surface area contributed by atoms with Crippen molar-refractivity contribution in [2.75, 3.05) is 6.61 Å². The molecular formula is C29H56O4. The number of carbonyl (C=O) groups is 2. The molecule has 2 atom stereocenters. The van der Waals surface area contributed by atoms with Gasteiger partial charge in [-0.25, -0.2) is 0 Å². The minimum atomic E-state index is -0.209. The Balaban J connectivity index is 3.61. The number of hydrogen-bond donors (Lipinski definition) is 1. The van der Waals surface area contributed by atoms with Crippen molar-refractivity contribution in [3.63, 3.8) is 0 Å². The average molecular weight is 469 g/mol. The average Bonchev–Trinajstić information content (AvgIpc) is 2.79. The van der Waals surface area contributed by atoms with Crippen LogP contribution in [0.2, 0.25) is 0 Å². The first-order valence-corrected chi connectivity index (χ1v) is 14.3. The number of carbonyl (C=O) groups excluding carboxylic acids is 2. The molecule has 0 fully saturated rings. The van der Waals surface area contributed by atoms with Gasteiger partial charge in [-0.1, -0.05) is 104 Å². The topological polar surface area (TPSA) is 63.6 Å². The lowest BCUT2D eigenvalue weighted by Crippen LogP contribution is -2.13. The summed E-state index contributed by atoms with van der Waals surface area (Å²) in [5, 5.41) is 10.1. The van der Waals surface area contributed by atoms with Gasteiger partial charge < -0.3 is 9.84 Å². The highest BCUT2D eigenvalue weighted by Crippen LogP contribution is 2.20. The summed E-state index contributed by atoms with van der Waals surface area (Å²) in [6, 6.07) is 0. The first-order chi connectivity index (χ1) is 16.0. The number of aliphatic hydroxyl groups is 1. The van der Waals surface area contributed by atoms with E-state index < -0.39 is 0 Å². The molecule has 0 aromatic heterocycles. The molecule has 0 aliphatic rings. The van der Waals surface area contributed by atoms with Gasteiger partial charge in [0.05, 0.1) is 12.7 Å². The third-order valence-electron chi connectivity index (χ3n) is 6.75. The lowest BCUT2D eigenvalue weighted by molar-refractivity contribution is -0.143. The van der Waals surface area contributed by atoms with Crippen LogP contribution < -0.4 is 0 Å². The minimum Gasteiger partial charge on any atom is -0.466 e. The van der Waals surface area contributed by atoms with Crippen molar-refractivity contribution in [3.8, 4) is 0 Å². The number of esters is 1. The Kier molecular flexibility index (Phi) is 23.6. The van der Waals surface area contributed by atoms with Crippen molar-refractivity contribution in [1.82, 2.24) is 0 Å². The van der Waals surface area contributed by atoms with Crippen LogP contribution in [0, 0.1) is 5.92 Å². The summed E-state index contributed by atoms with van der Waals surface area (Å²) in [7, 11) is 0. The third kappa shape index (κ3) is 22.6. The lowest BCUT2D eigenvalue weighted by Gasteiger charge is -2.15. The zero-order valence-electron chi connectivity index (χ0n) is 22.4. The van der Waals surface area contributed by atoms with Crippen LogP contribution in [-0.2, 0) is 14.3 Å². The number of hydrogen-bond acceptors (Lipinski definition) is 4. The molecule has 4 nitrogen and oxygen atoms in total. The van der Waals surface area contributed by atoms with Crippen LogP contribution in [0.5, 0.6) is 0 Å². The van der Waals surface area contributed by atoms with Gasteiger partial charge in [0.15, 0.2) is 0 Å². The van der Waals surface area contributed by atoms with Gasteiger partial charge in [0.1, 0.15) is 5.78 Å². The van der Waals surface area contributed by atoms with Crippen molar-refractivity contribution < 1.29 is 19.4 Å². The summed E-state index contributed by atoms with van der Waals surface area (Å²) < 4.78 is 5.35. The molecule has 0 rings (SSSR count). The maximum Gasteiger partial charge on any atom is 0.305 e. The van der Waals surface area contributed by atoms with Gasteiger partial charge in [-0.15, -0.1) is 0 Å². The predicted molar refractivity (Wildman–Crippen MR) is 139 cm³/mol. The summed E-state index contributed by atoms with van der Waals surface area (Å²) in [5.74, 6) is 0.349. The molecule has 0 aromatic rings. The van der Waals surface area contributed by atoms with E-state index >= 15 is 0 Å². The van der Waals surface area contributed by atoms with E-state index in [1.54, 1.807) is 6.92 Å². The third-order valence-corrected chi connectivity index (χ3v) is 6.75. The van der Waals surface area contributed by atoms with Crippen LogP contribution >= 0.6 is 0 Å². The Hall–Kier alpha value is -0.900. The largest absolute Gasteiger partial charge is 0.466 e. The van der Waals surface area contributed by atoms with Crippen molar-refractivity contribution in [3.05, 3.63) is 0 Å². The van der Waals surface area contributed by atoms with Crippen LogP contribution in [0.25, 0.3) is 0 Å². The SMILES string of the molecule is CCCCCCCCCCOC(=O)CCCCCCC(CCCC(O)CCCCC)C(C)=O. The Morgan fingerprint density at radius 1 is 0.636 bits per heavy atom. The molecule has 2 unspecified atom stereocenters. The first-order valence-electron chi connectivity index (χ1n) is 14.3. The zero-order chi connectivity index (χ0) is 24.6. The zero-order valence-corrected chi connectivity index (χ0v) is 22.4.